The van der Waals surface area contributed by atoms with Gasteiger partial charge in [0.15, 0.2) is 0 Å². The standard InChI is InChI=1S/C14H18O2S/c1-10(2)11-4-6-12(7-5-11)17-14(13(15)16)8-3-9-14/h4-7,10H,3,8-9H2,1-2H3,(H,15,16). The average Bonchev–Trinajstić information content (AvgIpc) is 2.23. The molecule has 0 amide bonds. The average molecular weight is 250 g/mol. The van der Waals surface area contributed by atoms with Crippen LogP contribution in [0.1, 0.15) is 44.6 Å². The monoisotopic (exact) mass is 250 g/mol. The highest BCUT2D eigenvalue weighted by molar-refractivity contribution is 8.01. The van der Waals surface area contributed by atoms with Crippen LogP contribution in [0.3, 0.4) is 0 Å². The van der Waals surface area contributed by atoms with Gasteiger partial charge in [-0.05, 0) is 42.9 Å². The Hall–Kier alpha value is -0.960. The first-order chi connectivity index (χ1) is 8.03. The number of carboxylic acids is 1. The minimum atomic E-state index is -0.665. The van der Waals surface area contributed by atoms with Gasteiger partial charge in [0.25, 0.3) is 0 Å². The fourth-order valence-corrected chi connectivity index (χ4v) is 3.31. The van der Waals surface area contributed by atoms with Gasteiger partial charge >= 0.3 is 5.97 Å². The van der Waals surface area contributed by atoms with Crippen LogP contribution in [0.2, 0.25) is 0 Å². The van der Waals surface area contributed by atoms with E-state index in [1.807, 2.05) is 12.1 Å². The van der Waals surface area contributed by atoms with Crippen molar-refractivity contribution in [1.29, 1.82) is 0 Å². The summed E-state index contributed by atoms with van der Waals surface area (Å²) in [5.74, 6) is -0.145. The van der Waals surface area contributed by atoms with Crippen LogP contribution in [-0.2, 0) is 4.79 Å². The van der Waals surface area contributed by atoms with Crippen molar-refractivity contribution in [2.75, 3.05) is 0 Å². The third-order valence-corrected chi connectivity index (χ3v) is 4.89. The molecule has 1 saturated carbocycles. The smallest absolute Gasteiger partial charge is 0.320 e. The molecule has 1 aliphatic carbocycles. The Morgan fingerprint density at radius 2 is 1.88 bits per heavy atom. The van der Waals surface area contributed by atoms with Crippen LogP contribution < -0.4 is 0 Å². The Morgan fingerprint density at radius 1 is 1.29 bits per heavy atom. The summed E-state index contributed by atoms with van der Waals surface area (Å²) in [7, 11) is 0. The van der Waals surface area contributed by atoms with E-state index in [4.69, 9.17) is 0 Å². The molecule has 0 atom stereocenters. The van der Waals surface area contributed by atoms with Crippen LogP contribution in [0.4, 0.5) is 0 Å². The molecule has 0 unspecified atom stereocenters. The van der Waals surface area contributed by atoms with Crippen molar-refractivity contribution in [3.63, 3.8) is 0 Å². The van der Waals surface area contributed by atoms with Gasteiger partial charge in [0.2, 0.25) is 0 Å². The zero-order chi connectivity index (χ0) is 12.5. The molecule has 0 aliphatic heterocycles. The topological polar surface area (TPSA) is 37.3 Å². The number of thioether (sulfide) groups is 1. The minimum Gasteiger partial charge on any atom is -0.480 e. The van der Waals surface area contributed by atoms with Crippen LogP contribution >= 0.6 is 11.8 Å². The first-order valence-electron chi connectivity index (χ1n) is 6.06. The second kappa shape index (κ2) is 4.73. The summed E-state index contributed by atoms with van der Waals surface area (Å²) in [4.78, 5) is 12.3. The van der Waals surface area contributed by atoms with Crippen molar-refractivity contribution in [3.8, 4) is 0 Å². The van der Waals surface area contributed by atoms with Gasteiger partial charge in [-0.3, -0.25) is 4.79 Å². The Morgan fingerprint density at radius 3 is 2.24 bits per heavy atom. The maximum absolute atomic E-state index is 11.3. The molecule has 2 rings (SSSR count). The number of aliphatic carboxylic acids is 1. The molecule has 17 heavy (non-hydrogen) atoms. The fraction of sp³-hybridized carbons (Fsp3) is 0.500. The number of hydrogen-bond donors (Lipinski definition) is 1. The lowest BCUT2D eigenvalue weighted by atomic mass is 9.84. The first kappa shape index (κ1) is 12.5. The molecule has 2 nitrogen and oxygen atoms in total. The molecule has 0 spiro atoms. The second-order valence-corrected chi connectivity index (χ2v) is 6.44. The van der Waals surface area contributed by atoms with Gasteiger partial charge in [0.1, 0.15) is 4.75 Å². The zero-order valence-electron chi connectivity index (χ0n) is 10.3. The van der Waals surface area contributed by atoms with Crippen LogP contribution in [0.15, 0.2) is 29.2 Å². The Labute approximate surface area is 106 Å². The molecule has 1 aromatic carbocycles. The highest BCUT2D eigenvalue weighted by Gasteiger charge is 2.45. The molecule has 92 valence electrons. The predicted molar refractivity (Wildman–Crippen MR) is 70.6 cm³/mol. The van der Waals surface area contributed by atoms with Crippen molar-refractivity contribution in [2.24, 2.45) is 0 Å². The van der Waals surface area contributed by atoms with E-state index in [2.05, 4.69) is 26.0 Å². The van der Waals surface area contributed by atoms with E-state index >= 15 is 0 Å². The van der Waals surface area contributed by atoms with Gasteiger partial charge < -0.3 is 5.11 Å². The summed E-state index contributed by atoms with van der Waals surface area (Å²) in [6.07, 6.45) is 2.61. The van der Waals surface area contributed by atoms with Crippen molar-refractivity contribution in [2.45, 2.75) is 48.7 Å². The third kappa shape index (κ3) is 2.49. The van der Waals surface area contributed by atoms with E-state index in [0.29, 0.717) is 5.92 Å². The van der Waals surface area contributed by atoms with E-state index < -0.39 is 10.7 Å². The van der Waals surface area contributed by atoms with Crippen molar-refractivity contribution in [3.05, 3.63) is 29.8 Å². The number of hydrogen-bond acceptors (Lipinski definition) is 2. The molecule has 1 aliphatic rings. The van der Waals surface area contributed by atoms with Crippen LogP contribution in [0.25, 0.3) is 0 Å². The molecule has 0 saturated heterocycles. The van der Waals surface area contributed by atoms with Gasteiger partial charge in [-0.2, -0.15) is 0 Å². The Balaban J connectivity index is 2.11. The second-order valence-electron chi connectivity index (χ2n) is 4.98. The van der Waals surface area contributed by atoms with Gasteiger partial charge in [-0.1, -0.05) is 26.0 Å². The Bertz CT molecular complexity index is 405. The molecule has 1 fully saturated rings. The van der Waals surface area contributed by atoms with Crippen molar-refractivity contribution >= 4 is 17.7 Å². The highest BCUT2D eigenvalue weighted by atomic mass is 32.2. The lowest BCUT2D eigenvalue weighted by Gasteiger charge is -2.36. The fourth-order valence-electron chi connectivity index (χ4n) is 2.00. The molecular weight excluding hydrogens is 232 g/mol. The van der Waals surface area contributed by atoms with Crippen LogP contribution in [0.5, 0.6) is 0 Å². The van der Waals surface area contributed by atoms with Crippen molar-refractivity contribution in [1.82, 2.24) is 0 Å². The van der Waals surface area contributed by atoms with Gasteiger partial charge in [-0.15, -0.1) is 11.8 Å². The minimum absolute atomic E-state index is 0.520. The molecular formula is C14H18O2S. The Kier molecular flexibility index (Phi) is 3.48. The number of carbonyl (C=O) groups is 1. The molecule has 3 heteroatoms. The molecule has 0 heterocycles. The molecule has 0 bridgehead atoms. The summed E-state index contributed by atoms with van der Waals surface area (Å²) in [6.45, 7) is 4.32. The van der Waals surface area contributed by atoms with Gasteiger partial charge in [0.05, 0.1) is 0 Å². The van der Waals surface area contributed by atoms with E-state index in [9.17, 15) is 9.90 Å². The summed E-state index contributed by atoms with van der Waals surface area (Å²) in [6, 6.07) is 8.29. The molecule has 1 N–H and O–H groups in total. The van der Waals surface area contributed by atoms with Gasteiger partial charge in [0, 0.05) is 4.90 Å². The number of benzene rings is 1. The molecule has 1 aromatic rings. The molecule has 0 aromatic heterocycles. The first-order valence-corrected chi connectivity index (χ1v) is 6.87. The lowest BCUT2D eigenvalue weighted by molar-refractivity contribution is -0.142. The SMILES string of the molecule is CC(C)c1ccc(SC2(C(=O)O)CCC2)cc1. The van der Waals surface area contributed by atoms with E-state index in [-0.39, 0.29) is 0 Å². The third-order valence-electron chi connectivity index (χ3n) is 3.41. The highest BCUT2D eigenvalue weighted by Crippen LogP contribution is 2.47. The summed E-state index contributed by atoms with van der Waals surface area (Å²) < 4.78 is -0.556. The summed E-state index contributed by atoms with van der Waals surface area (Å²) in [5.41, 5.74) is 1.30. The van der Waals surface area contributed by atoms with Crippen LogP contribution in [0, 0.1) is 0 Å². The summed E-state index contributed by atoms with van der Waals surface area (Å²) in [5, 5.41) is 9.27. The van der Waals surface area contributed by atoms with E-state index in [1.165, 1.54) is 17.3 Å². The number of rotatable bonds is 4. The van der Waals surface area contributed by atoms with E-state index in [0.717, 1.165) is 24.2 Å². The summed E-state index contributed by atoms with van der Waals surface area (Å²) >= 11 is 1.51. The predicted octanol–water partition coefficient (Wildman–Crippen LogP) is 3.91. The largest absolute Gasteiger partial charge is 0.480 e. The number of carboxylic acid groups (broad SMARTS) is 1. The zero-order valence-corrected chi connectivity index (χ0v) is 11.1. The molecule has 0 radical (unpaired) electrons. The van der Waals surface area contributed by atoms with Gasteiger partial charge in [-0.25, -0.2) is 0 Å². The maximum atomic E-state index is 11.3. The normalized spacial score (nSPS) is 17.8. The quantitative estimate of drug-likeness (QED) is 0.880. The van der Waals surface area contributed by atoms with Crippen molar-refractivity contribution < 1.29 is 9.90 Å². The van der Waals surface area contributed by atoms with E-state index in [1.54, 1.807) is 0 Å². The van der Waals surface area contributed by atoms with Crippen LogP contribution in [-0.4, -0.2) is 15.8 Å². The maximum Gasteiger partial charge on any atom is 0.320 e. The lowest BCUT2D eigenvalue weighted by Crippen LogP contribution is -2.41.